The molecule has 0 saturated heterocycles. The van der Waals surface area contributed by atoms with Crippen LogP contribution in [0.5, 0.6) is 17.2 Å². The molecule has 0 aliphatic carbocycles. The molecule has 0 heterocycles. The maximum Gasteiger partial charge on any atom is 0.308 e. The lowest BCUT2D eigenvalue weighted by Gasteiger charge is -2.16. The van der Waals surface area contributed by atoms with Crippen LogP contribution in [-0.2, 0) is 11.2 Å². The van der Waals surface area contributed by atoms with Crippen LogP contribution in [0.15, 0.2) is 60.7 Å². The molecule has 0 unspecified atom stereocenters. The zero-order chi connectivity index (χ0) is 22.9. The molecule has 3 rings (SSSR count). The van der Waals surface area contributed by atoms with Crippen LogP contribution < -0.4 is 14.2 Å². The Morgan fingerprint density at radius 3 is 2.28 bits per heavy atom. The van der Waals surface area contributed by atoms with Gasteiger partial charge in [-0.3, -0.25) is 9.59 Å². The van der Waals surface area contributed by atoms with Crippen LogP contribution in [0.4, 0.5) is 4.39 Å². The zero-order valence-electron chi connectivity index (χ0n) is 18.1. The average Bonchev–Trinajstić information content (AvgIpc) is 2.79. The molecule has 32 heavy (non-hydrogen) atoms. The molecule has 0 aliphatic rings. The summed E-state index contributed by atoms with van der Waals surface area (Å²) in [6, 6.07) is 16.7. The molecule has 3 aromatic carbocycles. The standard InChI is InChI=1S/C26H25FO5/c1-3-19-15-23(20-9-11-22(27)12-10-20)26(32-18(2)29)16-25(19)31-14-6-13-30-24-8-5-4-7-21(24)17-28/h4-5,7-12,15-17H,3,6,13-14H2,1-2H3. The van der Waals surface area contributed by atoms with Crippen molar-refractivity contribution in [2.75, 3.05) is 13.2 Å². The van der Waals surface area contributed by atoms with Crippen LogP contribution in [0, 0.1) is 5.82 Å². The first-order valence-corrected chi connectivity index (χ1v) is 10.4. The number of para-hydroxylation sites is 1. The Morgan fingerprint density at radius 2 is 1.62 bits per heavy atom. The van der Waals surface area contributed by atoms with Crippen molar-refractivity contribution in [1.82, 2.24) is 0 Å². The topological polar surface area (TPSA) is 61.8 Å². The van der Waals surface area contributed by atoms with E-state index in [1.54, 1.807) is 36.4 Å². The summed E-state index contributed by atoms with van der Waals surface area (Å²) in [7, 11) is 0. The van der Waals surface area contributed by atoms with Crippen LogP contribution >= 0.6 is 0 Å². The Kier molecular flexibility index (Phi) is 7.97. The number of hydrogen-bond donors (Lipinski definition) is 0. The first-order valence-electron chi connectivity index (χ1n) is 10.4. The zero-order valence-corrected chi connectivity index (χ0v) is 18.1. The van der Waals surface area contributed by atoms with Gasteiger partial charge in [-0.1, -0.05) is 31.2 Å². The fourth-order valence-electron chi connectivity index (χ4n) is 3.24. The number of halogens is 1. The third kappa shape index (κ3) is 5.94. The molecule has 0 fully saturated rings. The minimum Gasteiger partial charge on any atom is -0.493 e. The van der Waals surface area contributed by atoms with Gasteiger partial charge in [-0.15, -0.1) is 0 Å². The van der Waals surface area contributed by atoms with E-state index in [1.807, 2.05) is 19.1 Å². The highest BCUT2D eigenvalue weighted by Gasteiger charge is 2.15. The van der Waals surface area contributed by atoms with Crippen molar-refractivity contribution in [2.45, 2.75) is 26.7 Å². The van der Waals surface area contributed by atoms with Gasteiger partial charge < -0.3 is 14.2 Å². The van der Waals surface area contributed by atoms with Crippen molar-refractivity contribution < 1.29 is 28.2 Å². The molecule has 0 N–H and O–H groups in total. The first kappa shape index (κ1) is 23.0. The van der Waals surface area contributed by atoms with E-state index < -0.39 is 5.97 Å². The third-order valence-electron chi connectivity index (χ3n) is 4.80. The van der Waals surface area contributed by atoms with E-state index in [1.165, 1.54) is 19.1 Å². The Balaban J connectivity index is 1.72. The Morgan fingerprint density at radius 1 is 0.938 bits per heavy atom. The van der Waals surface area contributed by atoms with E-state index in [-0.39, 0.29) is 5.82 Å². The molecular formula is C26H25FO5. The fraction of sp³-hybridized carbons (Fsp3) is 0.231. The number of aldehydes is 1. The van der Waals surface area contributed by atoms with E-state index in [4.69, 9.17) is 14.2 Å². The second-order valence-corrected chi connectivity index (χ2v) is 7.12. The lowest BCUT2D eigenvalue weighted by atomic mass is 10.00. The molecule has 3 aromatic rings. The van der Waals surface area contributed by atoms with Crippen molar-refractivity contribution in [3.05, 3.63) is 77.6 Å². The van der Waals surface area contributed by atoms with E-state index >= 15 is 0 Å². The lowest BCUT2D eigenvalue weighted by Crippen LogP contribution is -2.08. The van der Waals surface area contributed by atoms with Gasteiger partial charge in [0.05, 0.1) is 18.8 Å². The predicted octanol–water partition coefficient (Wildman–Crippen LogP) is 5.64. The number of carbonyl (C=O) groups is 2. The quantitative estimate of drug-likeness (QED) is 0.178. The van der Waals surface area contributed by atoms with Crippen LogP contribution in [0.25, 0.3) is 11.1 Å². The Labute approximate surface area is 186 Å². The van der Waals surface area contributed by atoms with Crippen molar-refractivity contribution in [2.24, 2.45) is 0 Å². The molecule has 0 radical (unpaired) electrons. The van der Waals surface area contributed by atoms with Crippen LogP contribution in [0.3, 0.4) is 0 Å². The molecule has 0 aromatic heterocycles. The average molecular weight is 436 g/mol. The molecule has 6 heteroatoms. The van der Waals surface area contributed by atoms with Gasteiger partial charge in [0.2, 0.25) is 0 Å². The summed E-state index contributed by atoms with van der Waals surface area (Å²) in [6.07, 6.45) is 2.06. The number of ether oxygens (including phenoxy) is 3. The van der Waals surface area contributed by atoms with Crippen LogP contribution in [0.2, 0.25) is 0 Å². The first-order chi connectivity index (χ1) is 15.5. The highest BCUT2D eigenvalue weighted by molar-refractivity contribution is 5.79. The monoisotopic (exact) mass is 436 g/mol. The van der Waals surface area contributed by atoms with E-state index in [2.05, 4.69) is 0 Å². The summed E-state index contributed by atoms with van der Waals surface area (Å²) in [4.78, 5) is 22.7. The third-order valence-corrected chi connectivity index (χ3v) is 4.80. The fourth-order valence-corrected chi connectivity index (χ4v) is 3.24. The maximum atomic E-state index is 13.3. The van der Waals surface area contributed by atoms with Gasteiger partial charge in [0.1, 0.15) is 23.1 Å². The molecular weight excluding hydrogens is 411 g/mol. The second-order valence-electron chi connectivity index (χ2n) is 7.12. The minimum atomic E-state index is -0.453. The van der Waals surface area contributed by atoms with E-state index in [0.29, 0.717) is 54.4 Å². The maximum absolute atomic E-state index is 13.3. The van der Waals surface area contributed by atoms with Gasteiger partial charge >= 0.3 is 5.97 Å². The number of esters is 1. The molecule has 0 amide bonds. The Hall–Kier alpha value is -3.67. The van der Waals surface area contributed by atoms with E-state index in [9.17, 15) is 14.0 Å². The molecule has 5 nitrogen and oxygen atoms in total. The number of benzene rings is 3. The van der Waals surface area contributed by atoms with Crippen LogP contribution in [-0.4, -0.2) is 25.5 Å². The van der Waals surface area contributed by atoms with Gasteiger partial charge in [0, 0.05) is 25.0 Å². The van der Waals surface area contributed by atoms with Gasteiger partial charge in [-0.25, -0.2) is 4.39 Å². The smallest absolute Gasteiger partial charge is 0.308 e. The summed E-state index contributed by atoms with van der Waals surface area (Å²) in [5.74, 6) is 0.718. The molecule has 0 atom stereocenters. The summed E-state index contributed by atoms with van der Waals surface area (Å²) in [6.45, 7) is 4.10. The van der Waals surface area contributed by atoms with Crippen molar-refractivity contribution in [3.63, 3.8) is 0 Å². The summed E-state index contributed by atoms with van der Waals surface area (Å²) in [5.41, 5.74) is 2.88. The summed E-state index contributed by atoms with van der Waals surface area (Å²) in [5, 5.41) is 0. The predicted molar refractivity (Wildman–Crippen MR) is 120 cm³/mol. The SMILES string of the molecule is CCc1cc(-c2ccc(F)cc2)c(OC(C)=O)cc1OCCCOc1ccccc1C=O. The number of rotatable bonds is 10. The van der Waals surface area contributed by atoms with E-state index in [0.717, 1.165) is 17.4 Å². The number of aryl methyl sites for hydroxylation is 1. The normalized spacial score (nSPS) is 10.5. The second kappa shape index (κ2) is 11.1. The molecule has 166 valence electrons. The van der Waals surface area contributed by atoms with Gasteiger partial charge in [0.15, 0.2) is 6.29 Å². The largest absolute Gasteiger partial charge is 0.493 e. The minimum absolute atomic E-state index is 0.337. The summed E-state index contributed by atoms with van der Waals surface area (Å²) < 4.78 is 30.4. The number of carbonyl (C=O) groups excluding carboxylic acids is 2. The van der Waals surface area contributed by atoms with Crippen molar-refractivity contribution in [3.8, 4) is 28.4 Å². The lowest BCUT2D eigenvalue weighted by molar-refractivity contribution is -0.131. The van der Waals surface area contributed by atoms with Gasteiger partial charge in [0.25, 0.3) is 0 Å². The molecule has 0 aliphatic heterocycles. The highest BCUT2D eigenvalue weighted by Crippen LogP contribution is 2.37. The molecule has 0 saturated carbocycles. The van der Waals surface area contributed by atoms with Crippen molar-refractivity contribution >= 4 is 12.3 Å². The molecule has 0 spiro atoms. The van der Waals surface area contributed by atoms with Crippen LogP contribution in [0.1, 0.15) is 36.2 Å². The Bertz CT molecular complexity index is 1080. The highest BCUT2D eigenvalue weighted by atomic mass is 19.1. The van der Waals surface area contributed by atoms with Gasteiger partial charge in [-0.05, 0) is 47.9 Å². The van der Waals surface area contributed by atoms with Crippen molar-refractivity contribution in [1.29, 1.82) is 0 Å². The number of hydrogen-bond acceptors (Lipinski definition) is 5. The van der Waals surface area contributed by atoms with Gasteiger partial charge in [-0.2, -0.15) is 0 Å². The molecule has 0 bridgehead atoms. The summed E-state index contributed by atoms with van der Waals surface area (Å²) >= 11 is 0.